The number of H-pyrrole nitrogens is 1. The number of hydrogen-bond acceptors (Lipinski definition) is 1. The number of aromatic nitrogens is 1. The Bertz CT molecular complexity index is 1240. The summed E-state index contributed by atoms with van der Waals surface area (Å²) in [6.45, 7) is 6.27. The van der Waals surface area contributed by atoms with Crippen molar-refractivity contribution < 1.29 is 4.79 Å². The molecule has 0 aliphatic heterocycles. The summed E-state index contributed by atoms with van der Waals surface area (Å²) in [4.78, 5) is 16.5. The Morgan fingerprint density at radius 3 is 2.55 bits per heavy atom. The Hall–Kier alpha value is -3.04. The Labute approximate surface area is 188 Å². The molecule has 4 rings (SSSR count). The van der Waals surface area contributed by atoms with E-state index in [-0.39, 0.29) is 11.8 Å². The van der Waals surface area contributed by atoms with E-state index in [1.165, 1.54) is 11.1 Å². The van der Waals surface area contributed by atoms with E-state index in [4.69, 9.17) is 11.6 Å². The van der Waals surface area contributed by atoms with Crippen LogP contribution in [-0.2, 0) is 11.2 Å². The third-order valence-electron chi connectivity index (χ3n) is 6.05. The topological polar surface area (TPSA) is 44.9 Å². The first-order chi connectivity index (χ1) is 15.0. The normalized spacial score (nSPS) is 12.1. The number of halogens is 1. The van der Waals surface area contributed by atoms with E-state index in [0.717, 1.165) is 39.7 Å². The minimum absolute atomic E-state index is 0.0332. The largest absolute Gasteiger partial charge is 0.361 e. The number of aromatic amines is 1. The number of amides is 1. The standard InChI is InChI=1S/C27H27ClN2O/c1-4-19-8-7-10-22-24(16-29-27(19)22)23(21-9-5-6-11-25(21)28)15-26(31)30-20-13-12-17(2)18(3)14-20/h5-14,16,23,29H,4,15H2,1-3H3,(H,30,31). The monoisotopic (exact) mass is 430 g/mol. The van der Waals surface area contributed by atoms with E-state index < -0.39 is 0 Å². The molecule has 3 aromatic carbocycles. The first-order valence-corrected chi connectivity index (χ1v) is 11.1. The van der Waals surface area contributed by atoms with Crippen molar-refractivity contribution >= 4 is 34.1 Å². The maximum Gasteiger partial charge on any atom is 0.225 e. The summed E-state index contributed by atoms with van der Waals surface area (Å²) in [6.07, 6.45) is 3.28. The SMILES string of the molecule is CCc1cccc2c(C(CC(=O)Nc3ccc(C)c(C)c3)c3ccccc3Cl)c[nH]c12. The number of nitrogens with one attached hydrogen (secondary N) is 2. The molecule has 1 heterocycles. The molecule has 0 fully saturated rings. The molecule has 4 heteroatoms. The smallest absolute Gasteiger partial charge is 0.225 e. The second-order valence-electron chi connectivity index (χ2n) is 8.06. The van der Waals surface area contributed by atoms with Gasteiger partial charge in [0.2, 0.25) is 5.91 Å². The van der Waals surface area contributed by atoms with Crippen LogP contribution < -0.4 is 5.32 Å². The van der Waals surface area contributed by atoms with Gasteiger partial charge < -0.3 is 10.3 Å². The van der Waals surface area contributed by atoms with E-state index in [1.807, 2.05) is 48.7 Å². The third kappa shape index (κ3) is 4.38. The number of fused-ring (bicyclic) bond motifs is 1. The average molecular weight is 431 g/mol. The molecule has 0 saturated heterocycles. The molecule has 1 aromatic heterocycles. The molecular formula is C27H27ClN2O. The second-order valence-corrected chi connectivity index (χ2v) is 8.47. The van der Waals surface area contributed by atoms with Crippen LogP contribution >= 0.6 is 11.6 Å². The third-order valence-corrected chi connectivity index (χ3v) is 6.40. The highest BCUT2D eigenvalue weighted by Gasteiger charge is 2.24. The molecule has 4 aromatic rings. The van der Waals surface area contributed by atoms with Gasteiger partial charge in [-0.15, -0.1) is 0 Å². The quantitative estimate of drug-likeness (QED) is 0.335. The molecule has 1 unspecified atom stereocenters. The van der Waals surface area contributed by atoms with Gasteiger partial charge in [-0.05, 0) is 66.3 Å². The highest BCUT2D eigenvalue weighted by Crippen LogP contribution is 2.37. The van der Waals surface area contributed by atoms with Crippen LogP contribution in [-0.4, -0.2) is 10.9 Å². The molecule has 0 aliphatic rings. The van der Waals surface area contributed by atoms with Crippen molar-refractivity contribution in [1.82, 2.24) is 4.98 Å². The lowest BCUT2D eigenvalue weighted by Crippen LogP contribution is -2.16. The van der Waals surface area contributed by atoms with Gasteiger partial charge in [-0.1, -0.05) is 61.0 Å². The van der Waals surface area contributed by atoms with E-state index in [2.05, 4.69) is 49.3 Å². The summed E-state index contributed by atoms with van der Waals surface area (Å²) in [5.74, 6) is -0.185. The zero-order valence-corrected chi connectivity index (χ0v) is 18.9. The molecule has 31 heavy (non-hydrogen) atoms. The summed E-state index contributed by atoms with van der Waals surface area (Å²) < 4.78 is 0. The van der Waals surface area contributed by atoms with E-state index in [9.17, 15) is 4.79 Å². The number of carbonyl (C=O) groups excluding carboxylic acids is 1. The maximum absolute atomic E-state index is 13.1. The molecule has 3 nitrogen and oxygen atoms in total. The number of hydrogen-bond donors (Lipinski definition) is 2. The number of rotatable bonds is 6. The van der Waals surface area contributed by atoms with Crippen LogP contribution in [0.5, 0.6) is 0 Å². The summed E-state index contributed by atoms with van der Waals surface area (Å²) >= 11 is 6.59. The lowest BCUT2D eigenvalue weighted by atomic mass is 9.87. The van der Waals surface area contributed by atoms with Gasteiger partial charge in [0.15, 0.2) is 0 Å². The first kappa shape index (κ1) is 21.2. The van der Waals surface area contributed by atoms with Crippen molar-refractivity contribution in [2.75, 3.05) is 5.32 Å². The van der Waals surface area contributed by atoms with Crippen LogP contribution in [0.3, 0.4) is 0 Å². The van der Waals surface area contributed by atoms with E-state index >= 15 is 0 Å². The van der Waals surface area contributed by atoms with Gasteiger partial charge in [0, 0.05) is 40.1 Å². The highest BCUT2D eigenvalue weighted by atomic mass is 35.5. The summed E-state index contributed by atoms with van der Waals surface area (Å²) in [7, 11) is 0. The van der Waals surface area contributed by atoms with E-state index in [0.29, 0.717) is 11.4 Å². The summed E-state index contributed by atoms with van der Waals surface area (Å²) in [6, 6.07) is 20.1. The number of aryl methyl sites for hydroxylation is 3. The zero-order chi connectivity index (χ0) is 22.0. The Balaban J connectivity index is 1.71. The van der Waals surface area contributed by atoms with Crippen LogP contribution in [0, 0.1) is 13.8 Å². The molecule has 0 aliphatic carbocycles. The van der Waals surface area contributed by atoms with E-state index in [1.54, 1.807) is 0 Å². The Morgan fingerprint density at radius 2 is 1.81 bits per heavy atom. The molecule has 158 valence electrons. The Morgan fingerprint density at radius 1 is 1.00 bits per heavy atom. The van der Waals surface area contributed by atoms with Crippen molar-refractivity contribution in [1.29, 1.82) is 0 Å². The molecular weight excluding hydrogens is 404 g/mol. The molecule has 0 spiro atoms. The Kier molecular flexibility index (Phi) is 6.15. The molecule has 2 N–H and O–H groups in total. The number of benzene rings is 3. The lowest BCUT2D eigenvalue weighted by Gasteiger charge is -2.19. The number of anilines is 1. The molecule has 0 bridgehead atoms. The lowest BCUT2D eigenvalue weighted by molar-refractivity contribution is -0.116. The van der Waals surface area contributed by atoms with Gasteiger partial charge in [-0.2, -0.15) is 0 Å². The maximum atomic E-state index is 13.1. The number of para-hydroxylation sites is 1. The second kappa shape index (κ2) is 8.99. The molecule has 0 radical (unpaired) electrons. The minimum atomic E-state index is -0.152. The van der Waals surface area contributed by atoms with Gasteiger partial charge in [0.05, 0.1) is 0 Å². The van der Waals surface area contributed by atoms with Crippen molar-refractivity contribution in [2.24, 2.45) is 0 Å². The van der Waals surface area contributed by atoms with Gasteiger partial charge in [-0.25, -0.2) is 0 Å². The van der Waals surface area contributed by atoms with Crippen LogP contribution in [0.4, 0.5) is 5.69 Å². The minimum Gasteiger partial charge on any atom is -0.361 e. The van der Waals surface area contributed by atoms with Crippen LogP contribution in [0.15, 0.2) is 66.9 Å². The fourth-order valence-corrected chi connectivity index (χ4v) is 4.45. The van der Waals surface area contributed by atoms with Crippen LogP contribution in [0.1, 0.15) is 47.1 Å². The van der Waals surface area contributed by atoms with Gasteiger partial charge in [0.1, 0.15) is 0 Å². The fraction of sp³-hybridized carbons (Fsp3) is 0.222. The van der Waals surface area contributed by atoms with Crippen molar-refractivity contribution in [3.8, 4) is 0 Å². The molecule has 0 saturated carbocycles. The molecule has 1 amide bonds. The predicted molar refractivity (Wildman–Crippen MR) is 130 cm³/mol. The van der Waals surface area contributed by atoms with Crippen LogP contribution in [0.25, 0.3) is 10.9 Å². The van der Waals surface area contributed by atoms with Gasteiger partial charge in [0.25, 0.3) is 0 Å². The fourth-order valence-electron chi connectivity index (χ4n) is 4.18. The summed E-state index contributed by atoms with van der Waals surface area (Å²) in [5.41, 5.74) is 7.63. The highest BCUT2D eigenvalue weighted by molar-refractivity contribution is 6.31. The molecule has 1 atom stereocenters. The average Bonchev–Trinajstić information content (AvgIpc) is 3.19. The van der Waals surface area contributed by atoms with Crippen molar-refractivity contribution in [3.63, 3.8) is 0 Å². The van der Waals surface area contributed by atoms with Crippen molar-refractivity contribution in [2.45, 2.75) is 39.5 Å². The summed E-state index contributed by atoms with van der Waals surface area (Å²) in [5, 5.41) is 4.89. The van der Waals surface area contributed by atoms with Crippen molar-refractivity contribution in [3.05, 3.63) is 99.7 Å². The van der Waals surface area contributed by atoms with Gasteiger partial charge >= 0.3 is 0 Å². The van der Waals surface area contributed by atoms with Crippen LogP contribution in [0.2, 0.25) is 5.02 Å². The van der Waals surface area contributed by atoms with Gasteiger partial charge in [-0.3, -0.25) is 4.79 Å². The zero-order valence-electron chi connectivity index (χ0n) is 18.1. The predicted octanol–water partition coefficient (Wildman–Crippen LogP) is 7.16. The first-order valence-electron chi connectivity index (χ1n) is 10.7. The number of carbonyl (C=O) groups is 1.